The lowest BCUT2D eigenvalue weighted by molar-refractivity contribution is -0.112. The van der Waals surface area contributed by atoms with E-state index in [4.69, 9.17) is 5.11 Å². The molecule has 1 saturated carbocycles. The van der Waals surface area contributed by atoms with Crippen LogP contribution < -0.4 is 0 Å². The molecule has 0 heterocycles. The zero-order chi connectivity index (χ0) is 13.0. The number of aldehydes is 1. The van der Waals surface area contributed by atoms with Crippen molar-refractivity contribution < 1.29 is 9.90 Å². The van der Waals surface area contributed by atoms with Crippen molar-refractivity contribution in [3.63, 3.8) is 0 Å². The molecule has 1 aliphatic rings. The van der Waals surface area contributed by atoms with Gasteiger partial charge in [0.25, 0.3) is 0 Å². The molecule has 0 saturated heterocycles. The molecule has 1 aliphatic carbocycles. The lowest BCUT2D eigenvalue weighted by Gasteiger charge is -2.31. The Morgan fingerprint density at radius 1 is 1.39 bits per heavy atom. The summed E-state index contributed by atoms with van der Waals surface area (Å²) >= 11 is 0. The van der Waals surface area contributed by atoms with E-state index in [-0.39, 0.29) is 6.61 Å². The van der Waals surface area contributed by atoms with E-state index in [2.05, 4.69) is 4.90 Å². The first-order valence-corrected chi connectivity index (χ1v) is 6.56. The lowest BCUT2D eigenvalue weighted by atomic mass is 9.83. The van der Waals surface area contributed by atoms with Crippen LogP contribution in [0.4, 0.5) is 0 Å². The third-order valence-corrected chi connectivity index (χ3v) is 3.68. The molecule has 18 heavy (non-hydrogen) atoms. The van der Waals surface area contributed by atoms with E-state index in [1.807, 2.05) is 37.3 Å². The van der Waals surface area contributed by atoms with Crippen molar-refractivity contribution in [1.29, 1.82) is 0 Å². The summed E-state index contributed by atoms with van der Waals surface area (Å²) in [5, 5.41) is 9.12. The Labute approximate surface area is 108 Å². The van der Waals surface area contributed by atoms with Crippen LogP contribution in [0.15, 0.2) is 30.3 Å². The van der Waals surface area contributed by atoms with Gasteiger partial charge in [0.1, 0.15) is 6.29 Å². The van der Waals surface area contributed by atoms with Gasteiger partial charge in [0, 0.05) is 19.1 Å². The second kappa shape index (κ2) is 5.63. The largest absolute Gasteiger partial charge is 0.395 e. The van der Waals surface area contributed by atoms with E-state index in [9.17, 15) is 4.79 Å². The highest BCUT2D eigenvalue weighted by molar-refractivity contribution is 5.68. The van der Waals surface area contributed by atoms with Crippen LogP contribution >= 0.6 is 0 Å². The molecule has 3 heteroatoms. The molecular formula is C15H21NO2. The summed E-state index contributed by atoms with van der Waals surface area (Å²) in [5.41, 5.74) is 0.558. The van der Waals surface area contributed by atoms with Gasteiger partial charge in [-0.25, -0.2) is 0 Å². The Morgan fingerprint density at radius 2 is 2.06 bits per heavy atom. The number of benzene rings is 1. The standard InChI is InChI=1S/C15H21NO2/c1-15(12-18,13-5-3-2-4-6-13)11-16(9-10-17)14-7-8-14/h2-6,12,14,17H,7-11H2,1H3. The van der Waals surface area contributed by atoms with Crippen molar-refractivity contribution in [2.75, 3.05) is 19.7 Å². The average Bonchev–Trinajstić information content (AvgIpc) is 3.23. The highest BCUT2D eigenvalue weighted by Crippen LogP contribution is 2.31. The van der Waals surface area contributed by atoms with Crippen LogP contribution in [-0.2, 0) is 10.2 Å². The molecule has 0 aromatic heterocycles. The van der Waals surface area contributed by atoms with E-state index in [1.165, 1.54) is 12.8 Å². The normalized spacial score (nSPS) is 18.6. The highest BCUT2D eigenvalue weighted by atomic mass is 16.3. The maximum absolute atomic E-state index is 11.5. The van der Waals surface area contributed by atoms with Crippen molar-refractivity contribution in [2.45, 2.75) is 31.2 Å². The number of aliphatic hydroxyl groups is 1. The fourth-order valence-electron chi connectivity index (χ4n) is 2.40. The van der Waals surface area contributed by atoms with E-state index in [0.717, 1.165) is 11.8 Å². The molecule has 0 radical (unpaired) electrons. The predicted molar refractivity (Wildman–Crippen MR) is 71.5 cm³/mol. The SMILES string of the molecule is CC(C=O)(CN(CCO)C1CC1)c1ccccc1. The van der Waals surface area contributed by atoms with Crippen LogP contribution in [0.3, 0.4) is 0 Å². The van der Waals surface area contributed by atoms with Gasteiger partial charge in [0.2, 0.25) is 0 Å². The summed E-state index contributed by atoms with van der Waals surface area (Å²) < 4.78 is 0. The van der Waals surface area contributed by atoms with Crippen molar-refractivity contribution in [2.24, 2.45) is 0 Å². The Hall–Kier alpha value is -1.19. The smallest absolute Gasteiger partial charge is 0.131 e. The zero-order valence-electron chi connectivity index (χ0n) is 10.9. The first-order valence-electron chi connectivity index (χ1n) is 6.56. The number of nitrogens with zero attached hydrogens (tertiary/aromatic N) is 1. The first kappa shape index (κ1) is 13.2. The second-order valence-corrected chi connectivity index (χ2v) is 5.33. The fourth-order valence-corrected chi connectivity index (χ4v) is 2.40. The van der Waals surface area contributed by atoms with Gasteiger partial charge in [0.15, 0.2) is 0 Å². The van der Waals surface area contributed by atoms with Gasteiger partial charge in [-0.15, -0.1) is 0 Å². The van der Waals surface area contributed by atoms with Gasteiger partial charge in [-0.05, 0) is 25.3 Å². The number of carbonyl (C=O) groups is 1. The predicted octanol–water partition coefficient (Wildman–Crippen LogP) is 1.60. The molecule has 0 bridgehead atoms. The highest BCUT2D eigenvalue weighted by Gasteiger charge is 2.35. The van der Waals surface area contributed by atoms with Crippen molar-refractivity contribution in [3.05, 3.63) is 35.9 Å². The molecule has 0 amide bonds. The summed E-state index contributed by atoms with van der Waals surface area (Å²) in [6.07, 6.45) is 3.41. The maximum Gasteiger partial charge on any atom is 0.131 e. The molecule has 1 fully saturated rings. The zero-order valence-corrected chi connectivity index (χ0v) is 10.9. The molecular weight excluding hydrogens is 226 g/mol. The van der Waals surface area contributed by atoms with Crippen LogP contribution in [0.5, 0.6) is 0 Å². The topological polar surface area (TPSA) is 40.5 Å². The summed E-state index contributed by atoms with van der Waals surface area (Å²) in [6.45, 7) is 3.47. The van der Waals surface area contributed by atoms with Gasteiger partial charge >= 0.3 is 0 Å². The van der Waals surface area contributed by atoms with Gasteiger partial charge in [-0.1, -0.05) is 30.3 Å². The molecule has 3 nitrogen and oxygen atoms in total. The van der Waals surface area contributed by atoms with Gasteiger partial charge in [-0.3, -0.25) is 4.90 Å². The summed E-state index contributed by atoms with van der Waals surface area (Å²) in [5.74, 6) is 0. The Morgan fingerprint density at radius 3 is 2.56 bits per heavy atom. The lowest BCUT2D eigenvalue weighted by Crippen LogP contribution is -2.42. The summed E-state index contributed by atoms with van der Waals surface area (Å²) in [4.78, 5) is 13.8. The molecule has 1 aromatic carbocycles. The number of hydrogen-bond donors (Lipinski definition) is 1. The fraction of sp³-hybridized carbons (Fsp3) is 0.533. The van der Waals surface area contributed by atoms with Crippen molar-refractivity contribution in [3.8, 4) is 0 Å². The van der Waals surface area contributed by atoms with Crippen molar-refractivity contribution in [1.82, 2.24) is 4.90 Å². The Bertz CT molecular complexity index is 389. The Balaban J connectivity index is 2.13. The molecule has 1 atom stereocenters. The molecule has 1 aromatic rings. The minimum Gasteiger partial charge on any atom is -0.395 e. The van der Waals surface area contributed by atoms with Gasteiger partial charge < -0.3 is 9.90 Å². The van der Waals surface area contributed by atoms with Gasteiger partial charge in [0.05, 0.1) is 12.0 Å². The molecule has 1 unspecified atom stereocenters. The van der Waals surface area contributed by atoms with Crippen LogP contribution in [-0.4, -0.2) is 42.0 Å². The number of carbonyl (C=O) groups excluding carboxylic acids is 1. The van der Waals surface area contributed by atoms with Crippen LogP contribution in [0.2, 0.25) is 0 Å². The summed E-state index contributed by atoms with van der Waals surface area (Å²) in [6, 6.07) is 10.4. The van der Waals surface area contributed by atoms with E-state index in [1.54, 1.807) is 0 Å². The van der Waals surface area contributed by atoms with Crippen LogP contribution in [0.25, 0.3) is 0 Å². The van der Waals surface area contributed by atoms with Crippen LogP contribution in [0.1, 0.15) is 25.3 Å². The number of hydrogen-bond acceptors (Lipinski definition) is 3. The van der Waals surface area contributed by atoms with E-state index < -0.39 is 5.41 Å². The van der Waals surface area contributed by atoms with Gasteiger partial charge in [-0.2, -0.15) is 0 Å². The minimum atomic E-state index is -0.487. The second-order valence-electron chi connectivity index (χ2n) is 5.33. The minimum absolute atomic E-state index is 0.153. The molecule has 0 aliphatic heterocycles. The quantitative estimate of drug-likeness (QED) is 0.744. The van der Waals surface area contributed by atoms with E-state index in [0.29, 0.717) is 19.1 Å². The third-order valence-electron chi connectivity index (χ3n) is 3.68. The molecule has 2 rings (SSSR count). The molecule has 98 valence electrons. The number of aliphatic hydroxyl groups excluding tert-OH is 1. The maximum atomic E-state index is 11.5. The first-order chi connectivity index (χ1) is 8.69. The number of rotatable bonds is 7. The van der Waals surface area contributed by atoms with Crippen LogP contribution in [0, 0.1) is 0 Å². The average molecular weight is 247 g/mol. The Kier molecular flexibility index (Phi) is 4.15. The van der Waals surface area contributed by atoms with E-state index >= 15 is 0 Å². The van der Waals surface area contributed by atoms with Crippen molar-refractivity contribution >= 4 is 6.29 Å². The molecule has 1 N–H and O–H groups in total. The monoisotopic (exact) mass is 247 g/mol. The third kappa shape index (κ3) is 2.98. The summed E-state index contributed by atoms with van der Waals surface area (Å²) in [7, 11) is 0. The molecule has 0 spiro atoms.